The molecule has 19 heavy (non-hydrogen) atoms. The first kappa shape index (κ1) is 14.3. The first-order valence-corrected chi connectivity index (χ1v) is 7.46. The molecule has 0 aliphatic rings. The van der Waals surface area contributed by atoms with E-state index in [-0.39, 0.29) is 5.88 Å². The van der Waals surface area contributed by atoms with E-state index in [0.29, 0.717) is 10.6 Å². The number of benzene rings is 1. The number of nitrogens with two attached hydrogens (primary N) is 1. The van der Waals surface area contributed by atoms with Crippen molar-refractivity contribution in [3.05, 3.63) is 27.5 Å². The van der Waals surface area contributed by atoms with E-state index in [0.717, 1.165) is 14.6 Å². The highest BCUT2D eigenvalue weighted by molar-refractivity contribution is 9.10. The van der Waals surface area contributed by atoms with Gasteiger partial charge in [0.15, 0.2) is 11.1 Å². The van der Waals surface area contributed by atoms with Crippen molar-refractivity contribution in [3.63, 3.8) is 0 Å². The molecule has 1 heterocycles. The second-order valence-electron chi connectivity index (χ2n) is 3.66. The SMILES string of the molecule is COC(=O)c1sc2ccc(Br)cc2c1[N+](N)=CCCl. The molecule has 0 aliphatic carbocycles. The highest BCUT2D eigenvalue weighted by Gasteiger charge is 2.27. The molecular formula is C12H11BrClN2O2S+. The van der Waals surface area contributed by atoms with Crippen molar-refractivity contribution in [1.82, 2.24) is 0 Å². The molecule has 0 fully saturated rings. The molecule has 0 bridgehead atoms. The maximum Gasteiger partial charge on any atom is 0.355 e. The van der Waals surface area contributed by atoms with Gasteiger partial charge >= 0.3 is 5.97 Å². The zero-order chi connectivity index (χ0) is 14.0. The molecule has 0 amide bonds. The summed E-state index contributed by atoms with van der Waals surface area (Å²) in [7, 11) is 1.35. The van der Waals surface area contributed by atoms with Gasteiger partial charge in [0, 0.05) is 9.17 Å². The second kappa shape index (κ2) is 5.90. The Balaban J connectivity index is 2.77. The van der Waals surface area contributed by atoms with Crippen LogP contribution in [0.2, 0.25) is 0 Å². The maximum absolute atomic E-state index is 11.8. The van der Waals surface area contributed by atoms with E-state index in [2.05, 4.69) is 15.9 Å². The summed E-state index contributed by atoms with van der Waals surface area (Å²) in [6, 6.07) is 5.75. The lowest BCUT2D eigenvalue weighted by molar-refractivity contribution is -0.445. The normalized spacial score (nSPS) is 11.8. The third-order valence-corrected chi connectivity index (χ3v) is 4.29. The number of halogens is 2. The lowest BCUT2D eigenvalue weighted by Crippen LogP contribution is -2.17. The van der Waals surface area contributed by atoms with Crippen molar-refractivity contribution in [3.8, 4) is 0 Å². The number of esters is 1. The van der Waals surface area contributed by atoms with Gasteiger partial charge in [-0.1, -0.05) is 20.6 Å². The van der Waals surface area contributed by atoms with Crippen LogP contribution in [0, 0.1) is 0 Å². The highest BCUT2D eigenvalue weighted by atomic mass is 79.9. The fraction of sp³-hybridized carbons (Fsp3) is 0.167. The van der Waals surface area contributed by atoms with Crippen LogP contribution in [-0.2, 0) is 4.74 Å². The number of nitrogens with zero attached hydrogens (tertiary/aromatic N) is 1. The molecule has 100 valence electrons. The van der Waals surface area contributed by atoms with Crippen molar-refractivity contribution in [2.45, 2.75) is 0 Å². The predicted molar refractivity (Wildman–Crippen MR) is 81.8 cm³/mol. The van der Waals surface area contributed by atoms with Gasteiger partial charge in [0.1, 0.15) is 5.88 Å². The van der Waals surface area contributed by atoms with Crippen molar-refractivity contribution in [2.24, 2.45) is 5.84 Å². The molecule has 0 saturated carbocycles. The summed E-state index contributed by atoms with van der Waals surface area (Å²) in [5.41, 5.74) is 0.605. The van der Waals surface area contributed by atoms with Crippen LogP contribution in [0.5, 0.6) is 0 Å². The number of methoxy groups -OCH3 is 1. The summed E-state index contributed by atoms with van der Waals surface area (Å²) in [6.07, 6.45) is 1.59. The van der Waals surface area contributed by atoms with E-state index in [1.165, 1.54) is 23.1 Å². The van der Waals surface area contributed by atoms with Crippen LogP contribution in [0.4, 0.5) is 5.69 Å². The molecule has 1 aromatic heterocycles. The van der Waals surface area contributed by atoms with Crippen molar-refractivity contribution in [2.75, 3.05) is 13.0 Å². The van der Waals surface area contributed by atoms with Crippen molar-refractivity contribution in [1.29, 1.82) is 0 Å². The zero-order valence-corrected chi connectivity index (χ0v) is 13.2. The number of hydrazine groups is 1. The lowest BCUT2D eigenvalue weighted by atomic mass is 10.2. The molecule has 0 aliphatic heterocycles. The Morgan fingerprint density at radius 3 is 3.00 bits per heavy atom. The Hall–Kier alpha value is -1.11. The van der Waals surface area contributed by atoms with Crippen LogP contribution >= 0.6 is 38.9 Å². The minimum Gasteiger partial charge on any atom is -0.465 e. The maximum atomic E-state index is 11.8. The van der Waals surface area contributed by atoms with Crippen molar-refractivity contribution < 1.29 is 14.2 Å². The molecule has 0 spiro atoms. The number of alkyl halides is 1. The van der Waals surface area contributed by atoms with Gasteiger partial charge in [-0.05, 0) is 18.2 Å². The molecule has 0 saturated heterocycles. The minimum atomic E-state index is -0.411. The lowest BCUT2D eigenvalue weighted by Gasteiger charge is -1.98. The third kappa shape index (κ3) is 2.75. The van der Waals surface area contributed by atoms with E-state index >= 15 is 0 Å². The van der Waals surface area contributed by atoms with Crippen LogP contribution < -0.4 is 5.84 Å². The number of ether oxygens (including phenoxy) is 1. The molecule has 7 heteroatoms. The Morgan fingerprint density at radius 2 is 2.37 bits per heavy atom. The fourth-order valence-corrected chi connectivity index (χ4v) is 3.32. The summed E-state index contributed by atoms with van der Waals surface area (Å²) < 4.78 is 8.03. The molecule has 2 rings (SSSR count). The quantitative estimate of drug-likeness (QED) is 0.228. The van der Waals surface area contributed by atoms with Crippen LogP contribution in [0.25, 0.3) is 10.1 Å². The van der Waals surface area contributed by atoms with Gasteiger partial charge < -0.3 is 4.74 Å². The Bertz CT molecular complexity index is 669. The number of thiophene rings is 1. The second-order valence-corrected chi connectivity index (χ2v) is 5.93. The average Bonchev–Trinajstić information content (AvgIpc) is 2.76. The van der Waals surface area contributed by atoms with Crippen molar-refractivity contribution >= 4 is 66.8 Å². The standard InChI is InChI=1S/C12H11BrClN2O2S/c1-18-12(17)11-10(16(15)5-4-14)8-6-7(13)2-3-9(8)19-11/h2-3,5-6H,4,15H2,1H3/q+1. The number of hydrazone groups is 1. The number of carbonyl (C=O) groups is 1. The average molecular weight is 363 g/mol. The number of hydrogen-bond acceptors (Lipinski definition) is 4. The van der Waals surface area contributed by atoms with E-state index in [1.807, 2.05) is 18.2 Å². The smallest absolute Gasteiger partial charge is 0.355 e. The first-order valence-electron chi connectivity index (χ1n) is 5.32. The summed E-state index contributed by atoms with van der Waals surface area (Å²) in [5.74, 6) is 5.78. The Kier molecular flexibility index (Phi) is 4.44. The minimum absolute atomic E-state index is 0.252. The topological polar surface area (TPSA) is 55.3 Å². The molecule has 0 atom stereocenters. The zero-order valence-electron chi connectivity index (χ0n) is 10.0. The van der Waals surface area contributed by atoms with Gasteiger partial charge in [-0.25, -0.2) is 10.6 Å². The predicted octanol–water partition coefficient (Wildman–Crippen LogP) is 3.28. The van der Waals surface area contributed by atoms with Crippen LogP contribution in [-0.4, -0.2) is 29.9 Å². The molecular weight excluding hydrogens is 352 g/mol. The van der Waals surface area contributed by atoms with Gasteiger partial charge in [-0.3, -0.25) is 0 Å². The molecule has 0 radical (unpaired) electrons. The Labute approximate surface area is 127 Å². The van der Waals surface area contributed by atoms with E-state index < -0.39 is 5.97 Å². The summed E-state index contributed by atoms with van der Waals surface area (Å²) >= 11 is 10.4. The van der Waals surface area contributed by atoms with E-state index in [4.69, 9.17) is 22.2 Å². The number of carbonyl (C=O) groups excluding carboxylic acids is 1. The fourth-order valence-electron chi connectivity index (χ4n) is 1.71. The number of fused-ring (bicyclic) bond motifs is 1. The Morgan fingerprint density at radius 1 is 1.63 bits per heavy atom. The largest absolute Gasteiger partial charge is 0.465 e. The molecule has 2 N–H and O–H groups in total. The summed E-state index contributed by atoms with van der Waals surface area (Å²) in [5, 5.41) is 0.878. The van der Waals surface area contributed by atoms with Gasteiger partial charge in [0.25, 0.3) is 5.69 Å². The van der Waals surface area contributed by atoms with Crippen LogP contribution in [0.3, 0.4) is 0 Å². The number of hydrogen-bond donors (Lipinski definition) is 1. The van der Waals surface area contributed by atoms with Crippen LogP contribution in [0.15, 0.2) is 22.7 Å². The summed E-state index contributed by atoms with van der Waals surface area (Å²) in [6.45, 7) is 0. The van der Waals surface area contributed by atoms with Crippen LogP contribution in [0.1, 0.15) is 9.67 Å². The monoisotopic (exact) mass is 361 g/mol. The molecule has 4 nitrogen and oxygen atoms in total. The van der Waals surface area contributed by atoms with Gasteiger partial charge in [0.2, 0.25) is 0 Å². The molecule has 2 aromatic rings. The summed E-state index contributed by atoms with van der Waals surface area (Å²) in [4.78, 5) is 12.3. The third-order valence-electron chi connectivity index (χ3n) is 2.52. The van der Waals surface area contributed by atoms with Gasteiger partial charge in [-0.15, -0.1) is 22.9 Å². The van der Waals surface area contributed by atoms with E-state index in [9.17, 15) is 4.79 Å². The molecule has 1 aromatic carbocycles. The van der Waals surface area contributed by atoms with Gasteiger partial charge in [0.05, 0.1) is 12.5 Å². The highest BCUT2D eigenvalue weighted by Crippen LogP contribution is 2.38. The first-order chi connectivity index (χ1) is 9.08. The molecule has 0 unspecified atom stereocenters. The van der Waals surface area contributed by atoms with Gasteiger partial charge in [-0.2, -0.15) is 0 Å². The van der Waals surface area contributed by atoms with E-state index in [1.54, 1.807) is 6.21 Å². The number of rotatable bonds is 3.